The quantitative estimate of drug-likeness (QED) is 0.679. The van der Waals surface area contributed by atoms with Crippen LogP contribution >= 0.6 is 0 Å². The summed E-state index contributed by atoms with van der Waals surface area (Å²) in [4.78, 5) is 23.6. The Kier molecular flexibility index (Phi) is 6.50. The lowest BCUT2D eigenvalue weighted by molar-refractivity contribution is 0.0720. The fourth-order valence-corrected chi connectivity index (χ4v) is 3.04. The topological polar surface area (TPSA) is 66.3 Å². The minimum atomic E-state index is -0.0240. The number of pyridine rings is 2. The minimum Gasteiger partial charge on any atom is -0.392 e. The molecule has 0 spiro atoms. The predicted octanol–water partition coefficient (Wildman–Crippen LogP) is 3.93. The average Bonchev–Trinajstić information content (AvgIpc) is 2.73. The standard InChI is InChI=1S/C23H25N3O2/c1-17(2)14-26(15-21-5-3-4-11-24-21)23(28)20-8-6-19(7-9-20)22-13-18(16-27)10-12-25-22/h3-13,17,27H,14-16H2,1-2H3. The molecule has 0 atom stereocenters. The van der Waals surface area contributed by atoms with Gasteiger partial charge in [-0.2, -0.15) is 0 Å². The van der Waals surface area contributed by atoms with Crippen molar-refractivity contribution in [2.45, 2.75) is 27.0 Å². The Hall–Kier alpha value is -3.05. The molecule has 0 bridgehead atoms. The van der Waals surface area contributed by atoms with Gasteiger partial charge in [-0.1, -0.05) is 32.0 Å². The molecule has 0 unspecified atom stereocenters. The van der Waals surface area contributed by atoms with Crippen LogP contribution in [0.15, 0.2) is 67.0 Å². The second-order valence-electron chi connectivity index (χ2n) is 7.19. The van der Waals surface area contributed by atoms with Crippen LogP contribution in [0.5, 0.6) is 0 Å². The van der Waals surface area contributed by atoms with Crippen molar-refractivity contribution in [1.29, 1.82) is 0 Å². The summed E-state index contributed by atoms with van der Waals surface area (Å²) in [5.74, 6) is 0.348. The number of hydrogen-bond acceptors (Lipinski definition) is 4. The SMILES string of the molecule is CC(C)CN(Cc1ccccn1)C(=O)c1ccc(-c2cc(CO)ccn2)cc1. The number of benzene rings is 1. The number of carbonyl (C=O) groups excluding carboxylic acids is 1. The van der Waals surface area contributed by atoms with Gasteiger partial charge >= 0.3 is 0 Å². The normalized spacial score (nSPS) is 10.9. The van der Waals surface area contributed by atoms with Gasteiger partial charge in [0.25, 0.3) is 5.91 Å². The van der Waals surface area contributed by atoms with E-state index in [1.165, 1.54) is 0 Å². The second-order valence-corrected chi connectivity index (χ2v) is 7.19. The van der Waals surface area contributed by atoms with Crippen LogP contribution in [-0.2, 0) is 13.2 Å². The minimum absolute atomic E-state index is 0.0111. The summed E-state index contributed by atoms with van der Waals surface area (Å²) in [6, 6.07) is 16.8. The molecule has 1 aromatic carbocycles. The van der Waals surface area contributed by atoms with Crippen molar-refractivity contribution in [3.8, 4) is 11.3 Å². The highest BCUT2D eigenvalue weighted by Crippen LogP contribution is 2.20. The summed E-state index contributed by atoms with van der Waals surface area (Å²) in [6.07, 6.45) is 3.42. The molecule has 5 nitrogen and oxygen atoms in total. The van der Waals surface area contributed by atoms with Gasteiger partial charge in [0.05, 0.1) is 24.5 Å². The first-order valence-corrected chi connectivity index (χ1v) is 9.42. The highest BCUT2D eigenvalue weighted by atomic mass is 16.3. The van der Waals surface area contributed by atoms with E-state index in [1.807, 2.05) is 53.4 Å². The summed E-state index contributed by atoms with van der Waals surface area (Å²) in [7, 11) is 0. The van der Waals surface area contributed by atoms with E-state index in [0.29, 0.717) is 24.6 Å². The molecule has 0 saturated carbocycles. The molecule has 28 heavy (non-hydrogen) atoms. The number of amides is 1. The van der Waals surface area contributed by atoms with Crippen LogP contribution in [0, 0.1) is 5.92 Å². The van der Waals surface area contributed by atoms with Crippen molar-refractivity contribution < 1.29 is 9.90 Å². The van der Waals surface area contributed by atoms with E-state index in [0.717, 1.165) is 22.5 Å². The van der Waals surface area contributed by atoms with E-state index < -0.39 is 0 Å². The van der Waals surface area contributed by atoms with Crippen LogP contribution in [0.4, 0.5) is 0 Å². The van der Waals surface area contributed by atoms with Gasteiger partial charge in [0.2, 0.25) is 0 Å². The van der Waals surface area contributed by atoms with Gasteiger partial charge in [-0.25, -0.2) is 0 Å². The van der Waals surface area contributed by atoms with Crippen molar-refractivity contribution in [1.82, 2.24) is 14.9 Å². The van der Waals surface area contributed by atoms with Crippen molar-refractivity contribution in [2.24, 2.45) is 5.92 Å². The highest BCUT2D eigenvalue weighted by molar-refractivity contribution is 5.94. The highest BCUT2D eigenvalue weighted by Gasteiger charge is 2.18. The van der Waals surface area contributed by atoms with Crippen LogP contribution in [0.25, 0.3) is 11.3 Å². The molecule has 0 saturated heterocycles. The predicted molar refractivity (Wildman–Crippen MR) is 109 cm³/mol. The van der Waals surface area contributed by atoms with Crippen molar-refractivity contribution in [3.05, 3.63) is 83.8 Å². The molecule has 1 N–H and O–H groups in total. The second kappa shape index (κ2) is 9.24. The summed E-state index contributed by atoms with van der Waals surface area (Å²) in [5.41, 5.74) is 4.01. The lowest BCUT2D eigenvalue weighted by atomic mass is 10.1. The Morgan fingerprint density at radius 2 is 1.82 bits per heavy atom. The molecular formula is C23H25N3O2. The Bertz CT molecular complexity index is 909. The molecule has 0 aliphatic heterocycles. The maximum Gasteiger partial charge on any atom is 0.254 e. The molecule has 0 aliphatic rings. The van der Waals surface area contributed by atoms with Gasteiger partial charge in [0.15, 0.2) is 0 Å². The van der Waals surface area contributed by atoms with E-state index in [9.17, 15) is 9.90 Å². The Morgan fingerprint density at radius 1 is 1.04 bits per heavy atom. The third-order valence-corrected chi connectivity index (χ3v) is 4.39. The Morgan fingerprint density at radius 3 is 2.46 bits per heavy atom. The zero-order valence-corrected chi connectivity index (χ0v) is 16.2. The van der Waals surface area contributed by atoms with E-state index in [2.05, 4.69) is 23.8 Å². The molecule has 0 aliphatic carbocycles. The molecule has 0 radical (unpaired) electrons. The third kappa shape index (κ3) is 5.02. The molecule has 2 heterocycles. The summed E-state index contributed by atoms with van der Waals surface area (Å²) >= 11 is 0. The largest absolute Gasteiger partial charge is 0.392 e. The van der Waals surface area contributed by atoms with E-state index in [-0.39, 0.29) is 12.5 Å². The first kappa shape index (κ1) is 19.7. The summed E-state index contributed by atoms with van der Waals surface area (Å²) in [6.45, 7) is 5.32. The van der Waals surface area contributed by atoms with E-state index >= 15 is 0 Å². The zero-order valence-electron chi connectivity index (χ0n) is 16.2. The Balaban J connectivity index is 1.80. The average molecular weight is 375 g/mol. The lowest BCUT2D eigenvalue weighted by Crippen LogP contribution is -2.34. The summed E-state index contributed by atoms with van der Waals surface area (Å²) in [5, 5.41) is 9.30. The maximum absolute atomic E-state index is 13.1. The maximum atomic E-state index is 13.1. The number of aliphatic hydroxyl groups is 1. The molecule has 3 aromatic rings. The van der Waals surface area contributed by atoms with Crippen LogP contribution in [0.2, 0.25) is 0 Å². The number of nitrogens with zero attached hydrogens (tertiary/aromatic N) is 3. The van der Waals surface area contributed by atoms with Crippen LogP contribution in [-0.4, -0.2) is 32.4 Å². The van der Waals surface area contributed by atoms with Gasteiger partial charge in [0, 0.05) is 30.1 Å². The fourth-order valence-electron chi connectivity index (χ4n) is 3.04. The molecule has 0 fully saturated rings. The van der Waals surface area contributed by atoms with E-state index in [1.54, 1.807) is 18.5 Å². The van der Waals surface area contributed by atoms with Crippen LogP contribution < -0.4 is 0 Å². The summed E-state index contributed by atoms with van der Waals surface area (Å²) < 4.78 is 0. The van der Waals surface area contributed by atoms with Crippen molar-refractivity contribution >= 4 is 5.91 Å². The fraction of sp³-hybridized carbons (Fsp3) is 0.261. The van der Waals surface area contributed by atoms with Crippen molar-refractivity contribution in [2.75, 3.05) is 6.54 Å². The van der Waals surface area contributed by atoms with Gasteiger partial charge in [-0.3, -0.25) is 14.8 Å². The van der Waals surface area contributed by atoms with Gasteiger partial charge in [0.1, 0.15) is 0 Å². The molecule has 144 valence electrons. The first-order valence-electron chi connectivity index (χ1n) is 9.42. The number of hydrogen-bond donors (Lipinski definition) is 1. The van der Waals surface area contributed by atoms with E-state index in [4.69, 9.17) is 0 Å². The first-order chi connectivity index (χ1) is 13.6. The van der Waals surface area contributed by atoms with Crippen LogP contribution in [0.3, 0.4) is 0 Å². The number of aliphatic hydroxyl groups excluding tert-OH is 1. The number of rotatable bonds is 7. The third-order valence-electron chi connectivity index (χ3n) is 4.39. The number of aromatic nitrogens is 2. The molecular weight excluding hydrogens is 350 g/mol. The molecule has 5 heteroatoms. The lowest BCUT2D eigenvalue weighted by Gasteiger charge is -2.24. The zero-order chi connectivity index (χ0) is 19.9. The van der Waals surface area contributed by atoms with Gasteiger partial charge < -0.3 is 10.0 Å². The molecule has 2 aromatic heterocycles. The monoisotopic (exact) mass is 375 g/mol. The Labute approximate surface area is 165 Å². The van der Waals surface area contributed by atoms with Crippen LogP contribution in [0.1, 0.15) is 35.5 Å². The number of carbonyl (C=O) groups is 1. The van der Waals surface area contributed by atoms with Gasteiger partial charge in [-0.05, 0) is 47.9 Å². The smallest absolute Gasteiger partial charge is 0.254 e. The molecule has 1 amide bonds. The van der Waals surface area contributed by atoms with Crippen molar-refractivity contribution in [3.63, 3.8) is 0 Å². The van der Waals surface area contributed by atoms with Gasteiger partial charge in [-0.15, -0.1) is 0 Å². The molecule has 3 rings (SSSR count).